The zero-order valence-corrected chi connectivity index (χ0v) is 19.8. The van der Waals surface area contributed by atoms with Gasteiger partial charge in [0.25, 0.3) is 0 Å². The lowest BCUT2D eigenvalue weighted by molar-refractivity contribution is -0.0174. The quantitative estimate of drug-likeness (QED) is 0.274. The number of rotatable bonds is 8. The highest BCUT2D eigenvalue weighted by Gasteiger charge is 2.31. The molecule has 27 heavy (non-hydrogen) atoms. The fourth-order valence-corrected chi connectivity index (χ4v) is 4.37. The number of aliphatic hydroxyl groups is 1. The van der Waals surface area contributed by atoms with Gasteiger partial charge in [-0.25, -0.2) is 0 Å². The molecule has 0 aromatic heterocycles. The number of morpholine rings is 1. The summed E-state index contributed by atoms with van der Waals surface area (Å²) in [6.07, 6.45) is 7.12. The fraction of sp³-hybridized carbons (Fsp3) is 0.950. The van der Waals surface area contributed by atoms with E-state index in [0.29, 0.717) is 12.1 Å². The van der Waals surface area contributed by atoms with Crippen molar-refractivity contribution in [2.24, 2.45) is 10.4 Å². The maximum atomic E-state index is 9.50. The van der Waals surface area contributed by atoms with Crippen molar-refractivity contribution in [2.75, 3.05) is 46.0 Å². The van der Waals surface area contributed by atoms with Gasteiger partial charge in [-0.15, -0.1) is 24.0 Å². The Balaban J connectivity index is 0.00000364. The molecular weight excluding hydrogens is 455 g/mol. The van der Waals surface area contributed by atoms with E-state index < -0.39 is 0 Å². The van der Waals surface area contributed by atoms with Crippen molar-refractivity contribution < 1.29 is 9.84 Å². The second-order valence-corrected chi connectivity index (χ2v) is 8.12. The summed E-state index contributed by atoms with van der Waals surface area (Å²) in [6.45, 7) is 12.1. The van der Waals surface area contributed by atoms with Crippen LogP contribution in [0.2, 0.25) is 0 Å². The minimum absolute atomic E-state index is 0. The Morgan fingerprint density at radius 3 is 2.67 bits per heavy atom. The third-order valence-corrected chi connectivity index (χ3v) is 6.02. The van der Waals surface area contributed by atoms with Crippen LogP contribution in [0.4, 0.5) is 0 Å². The van der Waals surface area contributed by atoms with Crippen molar-refractivity contribution in [2.45, 2.75) is 71.4 Å². The molecule has 7 heteroatoms. The van der Waals surface area contributed by atoms with Gasteiger partial charge in [0.15, 0.2) is 5.96 Å². The van der Waals surface area contributed by atoms with Crippen LogP contribution in [-0.4, -0.2) is 74.0 Å². The van der Waals surface area contributed by atoms with Gasteiger partial charge in [0.2, 0.25) is 0 Å². The van der Waals surface area contributed by atoms with E-state index in [0.717, 1.165) is 51.8 Å². The first-order valence-electron chi connectivity index (χ1n) is 10.6. The maximum Gasteiger partial charge on any atom is 0.191 e. The number of ether oxygens (including phenoxy) is 1. The van der Waals surface area contributed by atoms with Crippen LogP contribution in [0.3, 0.4) is 0 Å². The first kappa shape index (κ1) is 24.9. The molecule has 0 aromatic carbocycles. The van der Waals surface area contributed by atoms with E-state index in [1.165, 1.54) is 32.1 Å². The summed E-state index contributed by atoms with van der Waals surface area (Å²) >= 11 is 0. The molecule has 1 aliphatic carbocycles. The SMILES string of the molecule is CCNC(=NCC1(CCO)CCCCC1)NCC(C)N1CCOCC1C.I. The Morgan fingerprint density at radius 1 is 1.30 bits per heavy atom. The smallest absolute Gasteiger partial charge is 0.191 e. The van der Waals surface area contributed by atoms with Gasteiger partial charge >= 0.3 is 0 Å². The number of hydrogen-bond donors (Lipinski definition) is 3. The molecule has 2 atom stereocenters. The zero-order chi connectivity index (χ0) is 18.8. The number of hydrogen-bond acceptors (Lipinski definition) is 4. The Morgan fingerprint density at radius 2 is 2.04 bits per heavy atom. The predicted molar refractivity (Wildman–Crippen MR) is 123 cm³/mol. The molecule has 1 saturated carbocycles. The average Bonchev–Trinajstić information content (AvgIpc) is 2.65. The molecular formula is C20H41IN4O2. The number of nitrogens with zero attached hydrogens (tertiary/aromatic N) is 2. The van der Waals surface area contributed by atoms with Crippen molar-refractivity contribution >= 4 is 29.9 Å². The molecule has 0 aromatic rings. The van der Waals surface area contributed by atoms with E-state index >= 15 is 0 Å². The second kappa shape index (κ2) is 13.2. The molecule has 6 nitrogen and oxygen atoms in total. The Kier molecular flexibility index (Phi) is 12.2. The molecule has 0 amide bonds. The van der Waals surface area contributed by atoms with Crippen molar-refractivity contribution in [3.63, 3.8) is 0 Å². The molecule has 0 radical (unpaired) electrons. The van der Waals surface area contributed by atoms with E-state index in [2.05, 4.69) is 36.3 Å². The van der Waals surface area contributed by atoms with Gasteiger partial charge in [0.05, 0.1) is 13.2 Å². The van der Waals surface area contributed by atoms with Crippen molar-refractivity contribution in [3.05, 3.63) is 0 Å². The molecule has 2 rings (SSSR count). The second-order valence-electron chi connectivity index (χ2n) is 8.12. The molecule has 1 heterocycles. The fourth-order valence-electron chi connectivity index (χ4n) is 4.37. The lowest BCUT2D eigenvalue weighted by Crippen LogP contribution is -2.53. The molecule has 2 unspecified atom stereocenters. The minimum atomic E-state index is 0. The molecule has 2 aliphatic rings. The largest absolute Gasteiger partial charge is 0.396 e. The van der Waals surface area contributed by atoms with Gasteiger partial charge < -0.3 is 20.5 Å². The summed E-state index contributed by atoms with van der Waals surface area (Å²) < 4.78 is 5.55. The Labute approximate surface area is 182 Å². The summed E-state index contributed by atoms with van der Waals surface area (Å²) in [4.78, 5) is 7.41. The Hall–Kier alpha value is -0.120. The van der Waals surface area contributed by atoms with Gasteiger partial charge in [0.1, 0.15) is 0 Å². The van der Waals surface area contributed by atoms with Crippen molar-refractivity contribution in [3.8, 4) is 0 Å². The summed E-state index contributed by atoms with van der Waals surface area (Å²) in [5, 5.41) is 16.4. The van der Waals surface area contributed by atoms with Crippen LogP contribution >= 0.6 is 24.0 Å². The molecule has 160 valence electrons. The van der Waals surface area contributed by atoms with Gasteiger partial charge in [-0.2, -0.15) is 0 Å². The molecule has 3 N–H and O–H groups in total. The Bertz CT molecular complexity index is 425. The highest BCUT2D eigenvalue weighted by molar-refractivity contribution is 14.0. The van der Waals surface area contributed by atoms with Crippen molar-refractivity contribution in [1.29, 1.82) is 0 Å². The van der Waals surface area contributed by atoms with Crippen LogP contribution < -0.4 is 10.6 Å². The van der Waals surface area contributed by atoms with Crippen LogP contribution in [0.25, 0.3) is 0 Å². The molecule has 1 aliphatic heterocycles. The molecule has 0 bridgehead atoms. The van der Waals surface area contributed by atoms with Crippen molar-refractivity contribution in [1.82, 2.24) is 15.5 Å². The normalized spacial score (nSPS) is 24.7. The van der Waals surface area contributed by atoms with Crippen LogP contribution in [0.1, 0.15) is 59.3 Å². The van der Waals surface area contributed by atoms with Gasteiger partial charge in [-0.3, -0.25) is 9.89 Å². The number of halogens is 1. The standard InChI is InChI=1S/C20H40N4O2.HI/c1-4-21-19(22-14-17(2)24-11-13-26-15-18(24)3)23-16-20(10-12-25)8-6-5-7-9-20;/h17-18,25H,4-16H2,1-3H3,(H2,21,22,23);1H. The lowest BCUT2D eigenvalue weighted by Gasteiger charge is -2.38. The number of aliphatic imine (C=N–C) groups is 1. The van der Waals surface area contributed by atoms with E-state index in [1.54, 1.807) is 0 Å². The summed E-state index contributed by atoms with van der Waals surface area (Å²) in [7, 11) is 0. The monoisotopic (exact) mass is 496 g/mol. The minimum Gasteiger partial charge on any atom is -0.396 e. The summed E-state index contributed by atoms with van der Waals surface area (Å²) in [5.74, 6) is 0.906. The van der Waals surface area contributed by atoms with Gasteiger partial charge in [-0.1, -0.05) is 19.3 Å². The number of aliphatic hydroxyl groups excluding tert-OH is 1. The van der Waals surface area contributed by atoms with E-state index in [1.807, 2.05) is 0 Å². The maximum absolute atomic E-state index is 9.50. The van der Waals surface area contributed by atoms with E-state index in [-0.39, 0.29) is 36.0 Å². The topological polar surface area (TPSA) is 69.1 Å². The first-order chi connectivity index (χ1) is 12.6. The first-order valence-corrected chi connectivity index (χ1v) is 10.6. The molecule has 2 fully saturated rings. The zero-order valence-electron chi connectivity index (χ0n) is 17.5. The van der Waals surface area contributed by atoms with E-state index in [4.69, 9.17) is 9.73 Å². The predicted octanol–water partition coefficient (Wildman–Crippen LogP) is 2.60. The third-order valence-electron chi connectivity index (χ3n) is 6.02. The number of guanidine groups is 1. The highest BCUT2D eigenvalue weighted by Crippen LogP contribution is 2.39. The van der Waals surface area contributed by atoms with E-state index in [9.17, 15) is 5.11 Å². The third kappa shape index (κ3) is 8.03. The summed E-state index contributed by atoms with van der Waals surface area (Å²) in [6, 6.07) is 0.911. The lowest BCUT2D eigenvalue weighted by atomic mass is 9.72. The summed E-state index contributed by atoms with van der Waals surface area (Å²) in [5.41, 5.74) is 0.194. The number of nitrogens with one attached hydrogen (secondary N) is 2. The highest BCUT2D eigenvalue weighted by atomic mass is 127. The molecule has 0 spiro atoms. The molecule has 1 saturated heterocycles. The van der Waals surface area contributed by atoms with Crippen LogP contribution in [-0.2, 0) is 4.74 Å². The van der Waals surface area contributed by atoms with Gasteiger partial charge in [0, 0.05) is 44.9 Å². The van der Waals surface area contributed by atoms with Crippen LogP contribution in [0.5, 0.6) is 0 Å². The average molecular weight is 496 g/mol. The van der Waals surface area contributed by atoms with Crippen LogP contribution in [0, 0.1) is 5.41 Å². The van der Waals surface area contributed by atoms with Crippen LogP contribution in [0.15, 0.2) is 4.99 Å². The van der Waals surface area contributed by atoms with Gasteiger partial charge in [-0.05, 0) is 45.4 Å².